The summed E-state index contributed by atoms with van der Waals surface area (Å²) in [7, 11) is 0. The van der Waals surface area contributed by atoms with E-state index < -0.39 is 0 Å². The molecule has 0 aliphatic heterocycles. The molecule has 0 atom stereocenters. The van der Waals surface area contributed by atoms with Crippen molar-refractivity contribution in [3.8, 4) is 0 Å². The van der Waals surface area contributed by atoms with Gasteiger partial charge in [0.25, 0.3) is 5.91 Å². The van der Waals surface area contributed by atoms with Crippen molar-refractivity contribution in [3.63, 3.8) is 0 Å². The lowest BCUT2D eigenvalue weighted by Crippen LogP contribution is -2.15. The highest BCUT2D eigenvalue weighted by atomic mass is 16.1. The molecule has 0 fully saturated rings. The molecule has 0 spiro atoms. The van der Waals surface area contributed by atoms with Gasteiger partial charge in [0, 0.05) is 24.6 Å². The van der Waals surface area contributed by atoms with Crippen molar-refractivity contribution in [2.45, 2.75) is 41.0 Å². The molecule has 0 aliphatic rings. The first-order valence-electron chi connectivity index (χ1n) is 8.32. The second-order valence-corrected chi connectivity index (χ2v) is 6.63. The molecule has 2 aromatic rings. The zero-order valence-corrected chi connectivity index (χ0v) is 15.1. The van der Waals surface area contributed by atoms with E-state index in [9.17, 15) is 4.79 Å². The molecular weight excluding hydrogens is 300 g/mol. The van der Waals surface area contributed by atoms with Crippen LogP contribution >= 0.6 is 0 Å². The Labute approximate surface area is 143 Å². The number of carbonyl (C=O) groups is 1. The maximum Gasteiger partial charge on any atom is 0.258 e. The van der Waals surface area contributed by atoms with Crippen LogP contribution in [-0.2, 0) is 0 Å². The molecule has 0 aliphatic carbocycles. The van der Waals surface area contributed by atoms with Gasteiger partial charge in [-0.25, -0.2) is 9.97 Å². The monoisotopic (exact) mass is 326 g/mol. The quantitative estimate of drug-likeness (QED) is 0.838. The number of carbonyl (C=O) groups excluding carboxylic acids is 1. The van der Waals surface area contributed by atoms with Gasteiger partial charge in [0.2, 0.25) is 5.95 Å². The Morgan fingerprint density at radius 2 is 1.67 bits per heavy atom. The first kappa shape index (κ1) is 17.9. The van der Waals surface area contributed by atoms with Gasteiger partial charge in [0.1, 0.15) is 0 Å². The lowest BCUT2D eigenvalue weighted by Gasteiger charge is -2.13. The lowest BCUT2D eigenvalue weighted by atomic mass is 10.0. The van der Waals surface area contributed by atoms with Crippen LogP contribution in [0.3, 0.4) is 0 Å². The van der Waals surface area contributed by atoms with Crippen molar-refractivity contribution >= 4 is 17.5 Å². The number of aryl methyl sites for hydroxylation is 3. The highest BCUT2D eigenvalue weighted by Crippen LogP contribution is 2.22. The van der Waals surface area contributed by atoms with Crippen molar-refractivity contribution < 1.29 is 4.79 Å². The van der Waals surface area contributed by atoms with E-state index in [1.807, 2.05) is 20.8 Å². The molecule has 24 heavy (non-hydrogen) atoms. The number of aromatic nitrogens is 2. The summed E-state index contributed by atoms with van der Waals surface area (Å²) >= 11 is 0. The Bertz CT molecular complexity index is 685. The number of benzene rings is 1. The van der Waals surface area contributed by atoms with E-state index in [4.69, 9.17) is 0 Å². The standard InChI is InChI=1S/C19H26N4O/c1-12(2)6-7-20-19-21-10-16(11-22-19)18(24)23-17-14(4)8-13(3)9-15(17)5/h8-12H,6-7H2,1-5H3,(H,23,24)(H,20,21,22). The highest BCUT2D eigenvalue weighted by molar-refractivity contribution is 6.04. The third kappa shape index (κ3) is 4.78. The molecule has 1 amide bonds. The maximum absolute atomic E-state index is 12.4. The fourth-order valence-corrected chi connectivity index (χ4v) is 2.57. The third-order valence-electron chi connectivity index (χ3n) is 3.83. The average Bonchev–Trinajstić information content (AvgIpc) is 2.51. The lowest BCUT2D eigenvalue weighted by molar-refractivity contribution is 0.102. The Kier molecular flexibility index (Phi) is 5.90. The largest absolute Gasteiger partial charge is 0.354 e. The molecule has 1 heterocycles. The second kappa shape index (κ2) is 7.90. The van der Waals surface area contributed by atoms with Crippen LogP contribution in [-0.4, -0.2) is 22.4 Å². The van der Waals surface area contributed by atoms with Gasteiger partial charge in [-0.15, -0.1) is 0 Å². The van der Waals surface area contributed by atoms with E-state index in [1.54, 1.807) is 12.4 Å². The zero-order chi connectivity index (χ0) is 17.7. The molecule has 0 unspecified atom stereocenters. The van der Waals surface area contributed by atoms with E-state index in [0.29, 0.717) is 17.4 Å². The Hall–Kier alpha value is -2.43. The van der Waals surface area contributed by atoms with E-state index in [0.717, 1.165) is 29.8 Å². The summed E-state index contributed by atoms with van der Waals surface area (Å²) in [5, 5.41) is 6.12. The van der Waals surface area contributed by atoms with Crippen molar-refractivity contribution in [3.05, 3.63) is 46.8 Å². The minimum atomic E-state index is -0.196. The van der Waals surface area contributed by atoms with Crippen molar-refractivity contribution in [2.75, 3.05) is 17.2 Å². The number of nitrogens with one attached hydrogen (secondary N) is 2. The number of amides is 1. The van der Waals surface area contributed by atoms with Crippen molar-refractivity contribution in [1.29, 1.82) is 0 Å². The first-order valence-corrected chi connectivity index (χ1v) is 8.32. The van der Waals surface area contributed by atoms with Crippen LogP contribution in [0.15, 0.2) is 24.5 Å². The van der Waals surface area contributed by atoms with Crippen LogP contribution in [0, 0.1) is 26.7 Å². The Balaban J connectivity index is 2.03. The molecule has 1 aromatic heterocycles. The molecular formula is C19H26N4O. The minimum Gasteiger partial charge on any atom is -0.354 e. The van der Waals surface area contributed by atoms with Crippen molar-refractivity contribution in [2.24, 2.45) is 5.92 Å². The molecule has 5 heteroatoms. The SMILES string of the molecule is Cc1cc(C)c(NC(=O)c2cnc(NCCC(C)C)nc2)c(C)c1. The summed E-state index contributed by atoms with van der Waals surface area (Å²) in [5.74, 6) is 0.984. The van der Waals surface area contributed by atoms with E-state index >= 15 is 0 Å². The van der Waals surface area contributed by atoms with Gasteiger partial charge in [-0.1, -0.05) is 31.5 Å². The van der Waals surface area contributed by atoms with Gasteiger partial charge in [0.05, 0.1) is 5.56 Å². The fourth-order valence-electron chi connectivity index (χ4n) is 2.57. The highest BCUT2D eigenvalue weighted by Gasteiger charge is 2.11. The predicted molar refractivity (Wildman–Crippen MR) is 98.6 cm³/mol. The molecule has 0 radical (unpaired) electrons. The minimum absolute atomic E-state index is 0.196. The smallest absolute Gasteiger partial charge is 0.258 e. The van der Waals surface area contributed by atoms with E-state index in [2.05, 4.69) is 46.6 Å². The van der Waals surface area contributed by atoms with Gasteiger partial charge in [-0.3, -0.25) is 4.79 Å². The van der Waals surface area contributed by atoms with Crippen LogP contribution in [0.2, 0.25) is 0 Å². The molecule has 0 saturated carbocycles. The van der Waals surface area contributed by atoms with Crippen LogP contribution in [0.5, 0.6) is 0 Å². The van der Waals surface area contributed by atoms with Gasteiger partial charge in [-0.05, 0) is 44.2 Å². The number of nitrogens with zero attached hydrogens (tertiary/aromatic N) is 2. The van der Waals surface area contributed by atoms with E-state index in [1.165, 1.54) is 5.56 Å². The summed E-state index contributed by atoms with van der Waals surface area (Å²) < 4.78 is 0. The topological polar surface area (TPSA) is 66.9 Å². The van der Waals surface area contributed by atoms with Crippen LogP contribution in [0.25, 0.3) is 0 Å². The third-order valence-corrected chi connectivity index (χ3v) is 3.83. The number of rotatable bonds is 6. The predicted octanol–water partition coefficient (Wildman–Crippen LogP) is 4.11. The van der Waals surface area contributed by atoms with Crippen LogP contribution in [0.4, 0.5) is 11.6 Å². The average molecular weight is 326 g/mol. The summed E-state index contributed by atoms with van der Waals surface area (Å²) in [6.07, 6.45) is 4.16. The van der Waals surface area contributed by atoms with Gasteiger partial charge in [-0.2, -0.15) is 0 Å². The van der Waals surface area contributed by atoms with Gasteiger partial charge >= 0.3 is 0 Å². The number of hydrogen-bond donors (Lipinski definition) is 2. The molecule has 0 saturated heterocycles. The first-order chi connectivity index (χ1) is 11.4. The molecule has 1 aromatic carbocycles. The summed E-state index contributed by atoms with van der Waals surface area (Å²) in [6.45, 7) is 11.2. The normalized spacial score (nSPS) is 10.8. The summed E-state index contributed by atoms with van der Waals surface area (Å²) in [5.41, 5.74) is 4.58. The van der Waals surface area contributed by atoms with E-state index in [-0.39, 0.29) is 5.91 Å². The Morgan fingerprint density at radius 3 is 2.21 bits per heavy atom. The summed E-state index contributed by atoms with van der Waals surface area (Å²) in [4.78, 5) is 20.8. The molecule has 2 rings (SSSR count). The van der Waals surface area contributed by atoms with Crippen molar-refractivity contribution in [1.82, 2.24) is 9.97 Å². The molecule has 5 nitrogen and oxygen atoms in total. The molecule has 128 valence electrons. The Morgan fingerprint density at radius 1 is 1.08 bits per heavy atom. The summed E-state index contributed by atoms with van der Waals surface area (Å²) in [6, 6.07) is 4.11. The van der Waals surface area contributed by atoms with Gasteiger partial charge in [0.15, 0.2) is 0 Å². The van der Waals surface area contributed by atoms with Gasteiger partial charge < -0.3 is 10.6 Å². The van der Waals surface area contributed by atoms with Crippen LogP contribution < -0.4 is 10.6 Å². The molecule has 2 N–H and O–H groups in total. The number of anilines is 2. The molecule has 0 bridgehead atoms. The zero-order valence-electron chi connectivity index (χ0n) is 15.1. The fraction of sp³-hybridized carbons (Fsp3) is 0.421. The van der Waals surface area contributed by atoms with Crippen LogP contribution in [0.1, 0.15) is 47.3 Å². The maximum atomic E-state index is 12.4. The second-order valence-electron chi connectivity index (χ2n) is 6.63. The number of hydrogen-bond acceptors (Lipinski definition) is 4.